The number of nitrogens with one attached hydrogen (secondary N) is 1. The maximum atomic E-state index is 12.6. The van der Waals surface area contributed by atoms with Gasteiger partial charge in [-0.15, -0.1) is 0 Å². The number of fused-ring (bicyclic) bond motifs is 1. The van der Waals surface area contributed by atoms with Crippen LogP contribution in [0.1, 0.15) is 34.6 Å². The van der Waals surface area contributed by atoms with Gasteiger partial charge in [0.1, 0.15) is 5.82 Å². The van der Waals surface area contributed by atoms with E-state index < -0.39 is 0 Å². The minimum absolute atomic E-state index is 0.0533. The lowest BCUT2D eigenvalue weighted by atomic mass is 10.1. The number of imidazole rings is 1. The number of nitrogens with zero attached hydrogens (tertiary/aromatic N) is 4. The van der Waals surface area contributed by atoms with Gasteiger partial charge in [-0.1, -0.05) is 6.07 Å². The van der Waals surface area contributed by atoms with Gasteiger partial charge in [0.05, 0.1) is 17.3 Å². The predicted octanol–water partition coefficient (Wildman–Crippen LogP) is 2.36. The summed E-state index contributed by atoms with van der Waals surface area (Å²) in [7, 11) is 0. The summed E-state index contributed by atoms with van der Waals surface area (Å²) in [4.78, 5) is 16.8. The Morgan fingerprint density at radius 2 is 2.17 bits per heavy atom. The molecular weight excluding hydrogens is 302 g/mol. The van der Waals surface area contributed by atoms with Gasteiger partial charge in [-0.2, -0.15) is 5.10 Å². The monoisotopic (exact) mass is 323 g/mol. The molecule has 1 aliphatic rings. The number of aromatic nitrogens is 4. The Morgan fingerprint density at radius 1 is 1.33 bits per heavy atom. The Morgan fingerprint density at radius 3 is 2.88 bits per heavy atom. The van der Waals surface area contributed by atoms with Crippen LogP contribution in [0.15, 0.2) is 36.9 Å². The van der Waals surface area contributed by atoms with Crippen LogP contribution in [-0.2, 0) is 6.54 Å². The van der Waals surface area contributed by atoms with Crippen LogP contribution in [0, 0.1) is 19.3 Å². The molecule has 4 rings (SSSR count). The number of hydrogen-bond acceptors (Lipinski definition) is 3. The average molecular weight is 323 g/mol. The van der Waals surface area contributed by atoms with Crippen molar-refractivity contribution in [2.24, 2.45) is 5.41 Å². The fourth-order valence-electron chi connectivity index (χ4n) is 3.12. The second-order valence-electron chi connectivity index (χ2n) is 6.88. The molecule has 24 heavy (non-hydrogen) atoms. The number of carbonyl (C=O) groups excluding carboxylic acids is 1. The van der Waals surface area contributed by atoms with Crippen LogP contribution in [0.2, 0.25) is 0 Å². The van der Waals surface area contributed by atoms with E-state index in [1.807, 2.05) is 44.6 Å². The van der Waals surface area contributed by atoms with Crippen molar-refractivity contribution in [3.05, 3.63) is 53.9 Å². The van der Waals surface area contributed by atoms with E-state index in [1.165, 1.54) is 0 Å². The maximum Gasteiger partial charge on any atom is 0.255 e. The Bertz CT molecular complexity index is 903. The maximum absolute atomic E-state index is 12.6. The summed E-state index contributed by atoms with van der Waals surface area (Å²) in [6.45, 7) is 5.62. The van der Waals surface area contributed by atoms with E-state index >= 15 is 0 Å². The van der Waals surface area contributed by atoms with Crippen LogP contribution in [-0.4, -0.2) is 31.6 Å². The average Bonchev–Trinajstić information content (AvgIpc) is 3.01. The molecule has 0 unspecified atom stereocenters. The van der Waals surface area contributed by atoms with Crippen molar-refractivity contribution in [3.8, 4) is 0 Å². The number of pyridine rings is 1. The van der Waals surface area contributed by atoms with Crippen molar-refractivity contribution >= 4 is 11.4 Å². The van der Waals surface area contributed by atoms with Crippen molar-refractivity contribution in [1.29, 1.82) is 0 Å². The lowest BCUT2D eigenvalue weighted by molar-refractivity contribution is 0.0944. The number of carbonyl (C=O) groups is 1. The third kappa shape index (κ3) is 2.68. The van der Waals surface area contributed by atoms with Gasteiger partial charge in [-0.05, 0) is 38.3 Å². The molecule has 6 heteroatoms. The summed E-state index contributed by atoms with van der Waals surface area (Å²) < 4.78 is 3.92. The van der Waals surface area contributed by atoms with Gasteiger partial charge in [0.2, 0.25) is 0 Å². The smallest absolute Gasteiger partial charge is 0.255 e. The van der Waals surface area contributed by atoms with Crippen LogP contribution < -0.4 is 5.32 Å². The molecule has 124 valence electrons. The van der Waals surface area contributed by atoms with Crippen molar-refractivity contribution in [2.45, 2.75) is 33.2 Å². The molecule has 0 radical (unpaired) electrons. The highest BCUT2D eigenvalue weighted by molar-refractivity contribution is 6.00. The minimum atomic E-state index is -0.0533. The van der Waals surface area contributed by atoms with E-state index in [4.69, 9.17) is 0 Å². The van der Waals surface area contributed by atoms with Crippen LogP contribution in [0.3, 0.4) is 0 Å². The van der Waals surface area contributed by atoms with E-state index in [9.17, 15) is 4.79 Å². The largest absolute Gasteiger partial charge is 0.351 e. The zero-order chi connectivity index (χ0) is 16.7. The number of rotatable bonds is 5. The minimum Gasteiger partial charge on any atom is -0.351 e. The molecule has 0 saturated heterocycles. The first kappa shape index (κ1) is 14.9. The molecule has 3 aromatic rings. The molecule has 3 heterocycles. The third-order valence-corrected chi connectivity index (χ3v) is 4.92. The van der Waals surface area contributed by atoms with E-state index in [0.29, 0.717) is 12.1 Å². The first-order valence-electron chi connectivity index (χ1n) is 8.26. The van der Waals surface area contributed by atoms with E-state index in [1.54, 1.807) is 10.7 Å². The summed E-state index contributed by atoms with van der Waals surface area (Å²) >= 11 is 0. The van der Waals surface area contributed by atoms with E-state index in [0.717, 1.165) is 36.3 Å². The second-order valence-corrected chi connectivity index (χ2v) is 6.88. The lowest BCUT2D eigenvalue weighted by Gasteiger charge is -2.17. The Kier molecular flexibility index (Phi) is 3.40. The molecular formula is C18H21N5O. The zero-order valence-electron chi connectivity index (χ0n) is 14.0. The molecule has 0 aromatic carbocycles. The summed E-state index contributed by atoms with van der Waals surface area (Å²) in [6, 6.07) is 3.94. The van der Waals surface area contributed by atoms with Gasteiger partial charge in [-0.25, -0.2) is 9.50 Å². The van der Waals surface area contributed by atoms with Crippen molar-refractivity contribution in [1.82, 2.24) is 24.5 Å². The quantitative estimate of drug-likeness (QED) is 0.784. The van der Waals surface area contributed by atoms with E-state index in [2.05, 4.69) is 20.0 Å². The van der Waals surface area contributed by atoms with Gasteiger partial charge in [0.15, 0.2) is 0 Å². The fraction of sp³-hybridized carbons (Fsp3) is 0.389. The van der Waals surface area contributed by atoms with Gasteiger partial charge >= 0.3 is 0 Å². The third-order valence-electron chi connectivity index (χ3n) is 4.92. The zero-order valence-corrected chi connectivity index (χ0v) is 14.0. The normalized spacial score (nSPS) is 15.6. The lowest BCUT2D eigenvalue weighted by Crippen LogP contribution is -2.32. The van der Waals surface area contributed by atoms with E-state index in [-0.39, 0.29) is 11.3 Å². The highest BCUT2D eigenvalue weighted by Gasteiger charge is 2.43. The van der Waals surface area contributed by atoms with Crippen LogP contribution >= 0.6 is 0 Å². The van der Waals surface area contributed by atoms with Crippen LogP contribution in [0.5, 0.6) is 0 Å². The molecule has 1 fully saturated rings. The van der Waals surface area contributed by atoms with Crippen molar-refractivity contribution in [3.63, 3.8) is 0 Å². The number of hydrogen-bond donors (Lipinski definition) is 1. The van der Waals surface area contributed by atoms with Crippen molar-refractivity contribution < 1.29 is 4.79 Å². The Labute approximate surface area is 140 Å². The summed E-state index contributed by atoms with van der Waals surface area (Å²) in [5.41, 5.74) is 2.75. The molecule has 0 atom stereocenters. The highest BCUT2D eigenvalue weighted by Crippen LogP contribution is 2.46. The molecule has 1 N–H and O–H groups in total. The summed E-state index contributed by atoms with van der Waals surface area (Å²) in [5.74, 6) is 0.966. The van der Waals surface area contributed by atoms with Gasteiger partial charge in [0, 0.05) is 37.1 Å². The standard InChI is InChI=1S/C18H21N5O/c1-13-3-4-16-15(9-21-23(16)10-13)17(24)20-11-18(5-6-18)12-22-8-7-19-14(22)2/h3-4,7-10H,5-6,11-12H2,1-2H3,(H,20,24). The van der Waals surface area contributed by atoms with Crippen LogP contribution in [0.4, 0.5) is 0 Å². The topological polar surface area (TPSA) is 64.2 Å². The SMILES string of the molecule is Cc1ccc2c(C(=O)NCC3(Cn4ccnc4C)CC3)cnn2c1. The Hall–Kier alpha value is -2.63. The second kappa shape index (κ2) is 5.47. The van der Waals surface area contributed by atoms with Gasteiger partial charge in [-0.3, -0.25) is 4.79 Å². The first-order valence-corrected chi connectivity index (χ1v) is 8.26. The highest BCUT2D eigenvalue weighted by atomic mass is 16.1. The van der Waals surface area contributed by atoms with Crippen LogP contribution in [0.25, 0.3) is 5.52 Å². The van der Waals surface area contributed by atoms with Gasteiger partial charge < -0.3 is 9.88 Å². The summed E-state index contributed by atoms with van der Waals surface area (Å²) in [6.07, 6.45) is 9.67. The molecule has 1 amide bonds. The fourth-order valence-corrected chi connectivity index (χ4v) is 3.12. The Balaban J connectivity index is 1.45. The first-order chi connectivity index (χ1) is 11.6. The molecule has 1 aliphatic carbocycles. The molecule has 6 nitrogen and oxygen atoms in total. The molecule has 0 aliphatic heterocycles. The van der Waals surface area contributed by atoms with Gasteiger partial charge in [0.25, 0.3) is 5.91 Å². The molecule has 3 aromatic heterocycles. The summed E-state index contributed by atoms with van der Waals surface area (Å²) in [5, 5.41) is 7.38. The number of aryl methyl sites for hydroxylation is 2. The predicted molar refractivity (Wildman–Crippen MR) is 90.9 cm³/mol. The van der Waals surface area contributed by atoms with Crippen molar-refractivity contribution in [2.75, 3.05) is 6.54 Å². The molecule has 0 spiro atoms. The molecule has 1 saturated carbocycles. The molecule has 0 bridgehead atoms. The number of amides is 1.